The van der Waals surface area contributed by atoms with E-state index >= 15 is 0 Å². The molecule has 5 rings (SSSR count). The first-order chi connectivity index (χ1) is 16.6. The molecule has 1 aliphatic carbocycles. The maximum absolute atomic E-state index is 12.8. The normalized spacial score (nSPS) is 29.0. The zero-order chi connectivity index (χ0) is 23.5. The van der Waals surface area contributed by atoms with E-state index in [1.165, 1.54) is 6.42 Å². The highest BCUT2D eigenvalue weighted by molar-refractivity contribution is 5.89. The van der Waals surface area contributed by atoms with Gasteiger partial charge in [0.15, 0.2) is 0 Å². The molecule has 1 aromatic carbocycles. The number of rotatable bonds is 5. The molecule has 3 heterocycles. The minimum absolute atomic E-state index is 0.00783. The van der Waals surface area contributed by atoms with Crippen molar-refractivity contribution in [2.45, 2.75) is 75.2 Å². The zero-order valence-corrected chi connectivity index (χ0v) is 19.5. The second-order valence-electron chi connectivity index (χ2n) is 9.79. The summed E-state index contributed by atoms with van der Waals surface area (Å²) in [5, 5.41) is 16.0. The van der Waals surface area contributed by atoms with E-state index in [1.807, 2.05) is 23.1 Å². The first kappa shape index (κ1) is 23.4. The van der Waals surface area contributed by atoms with Gasteiger partial charge in [-0.1, -0.05) is 19.3 Å². The maximum atomic E-state index is 12.8. The maximum Gasteiger partial charge on any atom is 0.319 e. The topological polar surface area (TPSA) is 109 Å². The van der Waals surface area contributed by atoms with Crippen LogP contribution < -0.4 is 15.4 Å². The summed E-state index contributed by atoms with van der Waals surface area (Å²) in [6, 6.07) is 5.72. The summed E-state index contributed by atoms with van der Waals surface area (Å²) in [5.41, 5.74) is 1.70. The van der Waals surface area contributed by atoms with Crippen LogP contribution in [0.3, 0.4) is 0 Å². The summed E-state index contributed by atoms with van der Waals surface area (Å²) in [4.78, 5) is 27.1. The summed E-state index contributed by atoms with van der Waals surface area (Å²) < 4.78 is 17.6. The Hall–Kier alpha value is -2.36. The van der Waals surface area contributed by atoms with Crippen molar-refractivity contribution >= 4 is 17.6 Å². The molecule has 9 nitrogen and oxygen atoms in total. The molecule has 0 radical (unpaired) electrons. The molecule has 0 bridgehead atoms. The number of hydrogen-bond acceptors (Lipinski definition) is 6. The summed E-state index contributed by atoms with van der Waals surface area (Å²) in [5.74, 6) is 0.791. The molecule has 3 N–H and O–H groups in total. The Labute approximate surface area is 200 Å². The van der Waals surface area contributed by atoms with Crippen LogP contribution >= 0.6 is 0 Å². The second-order valence-corrected chi connectivity index (χ2v) is 9.79. The Balaban J connectivity index is 1.25. The molecule has 0 spiro atoms. The molecule has 0 aromatic heterocycles. The average Bonchev–Trinajstić information content (AvgIpc) is 3.22. The van der Waals surface area contributed by atoms with Crippen molar-refractivity contribution in [3.63, 3.8) is 0 Å². The van der Waals surface area contributed by atoms with Crippen molar-refractivity contribution in [3.05, 3.63) is 23.8 Å². The predicted octanol–water partition coefficient (Wildman–Crippen LogP) is 2.38. The van der Waals surface area contributed by atoms with Gasteiger partial charge in [-0.25, -0.2) is 4.79 Å². The molecule has 34 heavy (non-hydrogen) atoms. The van der Waals surface area contributed by atoms with Gasteiger partial charge in [-0.05, 0) is 37.5 Å². The van der Waals surface area contributed by atoms with Crippen LogP contribution in [0.2, 0.25) is 0 Å². The van der Waals surface area contributed by atoms with Crippen molar-refractivity contribution in [2.75, 3.05) is 38.2 Å². The molecule has 9 heteroatoms. The van der Waals surface area contributed by atoms with Crippen molar-refractivity contribution in [1.82, 2.24) is 10.2 Å². The summed E-state index contributed by atoms with van der Waals surface area (Å²) in [6.07, 6.45) is 5.42. The third-order valence-corrected chi connectivity index (χ3v) is 7.46. The monoisotopic (exact) mass is 473 g/mol. The molecule has 2 saturated heterocycles. The number of ether oxygens (including phenoxy) is 3. The molecule has 1 saturated carbocycles. The van der Waals surface area contributed by atoms with Gasteiger partial charge in [0.25, 0.3) is 0 Å². The minimum Gasteiger partial charge on any atom is -0.487 e. The Morgan fingerprint density at radius 2 is 1.91 bits per heavy atom. The van der Waals surface area contributed by atoms with Gasteiger partial charge >= 0.3 is 6.03 Å². The van der Waals surface area contributed by atoms with E-state index < -0.39 is 6.10 Å². The number of aliphatic hydroxyl groups is 1. The largest absolute Gasteiger partial charge is 0.487 e. The van der Waals surface area contributed by atoms with Crippen molar-refractivity contribution in [3.8, 4) is 5.75 Å². The molecule has 1 aromatic rings. The zero-order valence-electron chi connectivity index (χ0n) is 19.5. The summed E-state index contributed by atoms with van der Waals surface area (Å²) in [7, 11) is 0. The van der Waals surface area contributed by atoms with Crippen molar-refractivity contribution in [1.29, 1.82) is 0 Å². The number of fused-ring (bicyclic) bond motifs is 3. The lowest BCUT2D eigenvalue weighted by atomic mass is 9.84. The van der Waals surface area contributed by atoms with Crippen LogP contribution in [0.4, 0.5) is 10.5 Å². The molecule has 0 unspecified atom stereocenters. The number of nitrogens with zero attached hydrogens (tertiary/aromatic N) is 1. The highest BCUT2D eigenvalue weighted by atomic mass is 16.6. The average molecular weight is 474 g/mol. The van der Waals surface area contributed by atoms with Crippen LogP contribution in [-0.2, 0) is 14.3 Å². The van der Waals surface area contributed by atoms with Gasteiger partial charge in [0.1, 0.15) is 18.0 Å². The van der Waals surface area contributed by atoms with Crippen molar-refractivity contribution < 1.29 is 28.9 Å². The molecule has 3 fully saturated rings. The fraction of sp³-hybridized carbons (Fsp3) is 0.680. The van der Waals surface area contributed by atoms with Crippen LogP contribution in [0.1, 0.15) is 56.4 Å². The van der Waals surface area contributed by atoms with Crippen LogP contribution in [0, 0.1) is 0 Å². The number of benzene rings is 1. The highest BCUT2D eigenvalue weighted by Crippen LogP contribution is 2.47. The van der Waals surface area contributed by atoms with E-state index in [0.717, 1.165) is 37.0 Å². The van der Waals surface area contributed by atoms with Gasteiger partial charge < -0.3 is 34.9 Å². The molecule has 3 aliphatic heterocycles. The molecule has 4 atom stereocenters. The number of hydrogen-bond donors (Lipinski definition) is 3. The van der Waals surface area contributed by atoms with E-state index in [-0.39, 0.29) is 49.1 Å². The van der Waals surface area contributed by atoms with Gasteiger partial charge in [0.2, 0.25) is 5.91 Å². The third-order valence-electron chi connectivity index (χ3n) is 7.46. The smallest absolute Gasteiger partial charge is 0.319 e. The first-order valence-electron chi connectivity index (χ1n) is 12.6. The molecular weight excluding hydrogens is 438 g/mol. The van der Waals surface area contributed by atoms with Gasteiger partial charge in [0, 0.05) is 36.3 Å². The molecule has 4 aliphatic rings. The number of aliphatic hydroxyl groups excluding tert-OH is 1. The van der Waals surface area contributed by atoms with E-state index in [1.54, 1.807) is 0 Å². The highest BCUT2D eigenvalue weighted by Gasteiger charge is 2.46. The number of urea groups is 1. The van der Waals surface area contributed by atoms with E-state index in [9.17, 15) is 14.7 Å². The number of nitrogens with one attached hydrogen (secondary N) is 2. The van der Waals surface area contributed by atoms with E-state index in [2.05, 4.69) is 10.6 Å². The van der Waals surface area contributed by atoms with E-state index in [0.29, 0.717) is 38.4 Å². The van der Waals surface area contributed by atoms with Crippen LogP contribution in [0.15, 0.2) is 18.2 Å². The number of amides is 3. The van der Waals surface area contributed by atoms with Crippen LogP contribution in [-0.4, -0.2) is 79.2 Å². The lowest BCUT2D eigenvalue weighted by Gasteiger charge is -2.38. The number of carbonyl (C=O) groups excluding carboxylic acids is 2. The van der Waals surface area contributed by atoms with E-state index in [4.69, 9.17) is 14.2 Å². The predicted molar refractivity (Wildman–Crippen MR) is 125 cm³/mol. The Kier molecular flexibility index (Phi) is 7.22. The quantitative estimate of drug-likeness (QED) is 0.606. The van der Waals surface area contributed by atoms with Crippen molar-refractivity contribution in [2.24, 2.45) is 0 Å². The number of anilines is 1. The minimum atomic E-state index is -0.500. The standard InChI is InChI=1S/C25H35N3O6/c29-15-22-24-20(13-18(33-22)14-23(30)28-8-10-32-11-9-28)19-12-17(6-7-21(19)34-24)27-25(31)26-16-4-2-1-3-5-16/h6-7,12,16,18,20,22,24,29H,1-5,8-11,13-15H2,(H2,26,27,31)/t18-,20-,22+,24+/m0/s1. The summed E-state index contributed by atoms with van der Waals surface area (Å²) in [6.45, 7) is 2.15. The Bertz CT molecular complexity index is 883. The van der Waals surface area contributed by atoms with Crippen LogP contribution in [0.5, 0.6) is 5.75 Å². The Morgan fingerprint density at radius 3 is 2.68 bits per heavy atom. The van der Waals surface area contributed by atoms with Gasteiger partial charge in [0.05, 0.1) is 32.3 Å². The fourth-order valence-electron chi connectivity index (χ4n) is 5.70. The molecular formula is C25H35N3O6. The molecule has 3 amide bonds. The second kappa shape index (κ2) is 10.5. The third kappa shape index (κ3) is 5.16. The van der Waals surface area contributed by atoms with Gasteiger partial charge in [-0.2, -0.15) is 0 Å². The SMILES string of the molecule is O=C(Nc1ccc2c(c1)[C@@H]1C[C@@H](CC(=O)N3CCOCC3)O[C@H](CO)[C@@H]1O2)NC1CCCCC1. The lowest BCUT2D eigenvalue weighted by molar-refractivity contribution is -0.151. The molecule has 186 valence electrons. The summed E-state index contributed by atoms with van der Waals surface area (Å²) >= 11 is 0. The van der Waals surface area contributed by atoms with Gasteiger partial charge in [-0.3, -0.25) is 4.79 Å². The van der Waals surface area contributed by atoms with Crippen LogP contribution in [0.25, 0.3) is 0 Å². The van der Waals surface area contributed by atoms with Gasteiger partial charge in [-0.15, -0.1) is 0 Å². The fourth-order valence-corrected chi connectivity index (χ4v) is 5.70. The number of morpholine rings is 1. The first-order valence-corrected chi connectivity index (χ1v) is 12.6. The number of carbonyl (C=O) groups is 2. The lowest BCUT2D eigenvalue weighted by Crippen LogP contribution is -2.48. The Morgan fingerprint density at radius 1 is 1.12 bits per heavy atom.